The number of aryl methyl sites for hydroxylation is 1. The van der Waals surface area contributed by atoms with E-state index >= 15 is 0 Å². The van der Waals surface area contributed by atoms with Crippen LogP contribution in [0, 0.1) is 6.92 Å². The Hall–Kier alpha value is -3.02. The Morgan fingerprint density at radius 3 is 2.26 bits per heavy atom. The molecule has 0 aliphatic heterocycles. The molecule has 2 rings (SSSR count). The quantitative estimate of drug-likeness (QED) is 0.650. The number of carbonyl (C=O) groups is 2. The van der Waals surface area contributed by atoms with Gasteiger partial charge in [0, 0.05) is 6.54 Å². The maximum Gasteiger partial charge on any atom is 0.344 e. The zero-order valence-corrected chi connectivity index (χ0v) is 15.7. The van der Waals surface area contributed by atoms with Crippen LogP contribution in [-0.4, -0.2) is 38.2 Å². The van der Waals surface area contributed by atoms with Gasteiger partial charge in [0.2, 0.25) is 0 Å². The highest BCUT2D eigenvalue weighted by atomic mass is 16.6. The molecule has 27 heavy (non-hydrogen) atoms. The SMILES string of the molecule is CCOc1ccc(OCC(=O)OCC(=O)NCCc2ccccc2C)cc1. The zero-order valence-electron chi connectivity index (χ0n) is 15.7. The number of ether oxygens (including phenoxy) is 3. The Bertz CT molecular complexity index is 742. The van der Waals surface area contributed by atoms with E-state index in [1.165, 1.54) is 11.1 Å². The first-order chi connectivity index (χ1) is 13.1. The topological polar surface area (TPSA) is 73.9 Å². The molecule has 0 spiro atoms. The van der Waals surface area contributed by atoms with Crippen molar-refractivity contribution < 1.29 is 23.8 Å². The van der Waals surface area contributed by atoms with E-state index in [-0.39, 0.29) is 19.1 Å². The first-order valence-electron chi connectivity index (χ1n) is 8.91. The smallest absolute Gasteiger partial charge is 0.344 e. The predicted molar refractivity (Wildman–Crippen MR) is 102 cm³/mol. The Morgan fingerprint density at radius 1 is 0.926 bits per heavy atom. The highest BCUT2D eigenvalue weighted by Crippen LogP contribution is 2.17. The van der Waals surface area contributed by atoms with Crippen molar-refractivity contribution in [3.8, 4) is 11.5 Å². The summed E-state index contributed by atoms with van der Waals surface area (Å²) < 4.78 is 15.6. The highest BCUT2D eigenvalue weighted by Gasteiger charge is 2.08. The van der Waals surface area contributed by atoms with Gasteiger partial charge in [0.15, 0.2) is 13.2 Å². The Kier molecular flexibility index (Phi) is 8.16. The molecule has 2 aromatic rings. The lowest BCUT2D eigenvalue weighted by Crippen LogP contribution is -2.31. The molecule has 6 nitrogen and oxygen atoms in total. The van der Waals surface area contributed by atoms with Gasteiger partial charge >= 0.3 is 5.97 Å². The first-order valence-corrected chi connectivity index (χ1v) is 8.91. The maximum atomic E-state index is 11.8. The number of benzene rings is 2. The molecule has 0 saturated carbocycles. The second-order valence-corrected chi connectivity index (χ2v) is 5.88. The third kappa shape index (κ3) is 7.40. The molecule has 0 aliphatic carbocycles. The van der Waals surface area contributed by atoms with Crippen molar-refractivity contribution in [3.63, 3.8) is 0 Å². The minimum Gasteiger partial charge on any atom is -0.494 e. The van der Waals surface area contributed by atoms with Crippen molar-refractivity contribution >= 4 is 11.9 Å². The molecule has 0 aromatic heterocycles. The molecule has 2 aromatic carbocycles. The van der Waals surface area contributed by atoms with Crippen molar-refractivity contribution in [2.24, 2.45) is 0 Å². The average molecular weight is 371 g/mol. The van der Waals surface area contributed by atoms with Gasteiger partial charge in [-0.1, -0.05) is 24.3 Å². The molecule has 0 saturated heterocycles. The number of hydrogen-bond donors (Lipinski definition) is 1. The number of hydrogen-bond acceptors (Lipinski definition) is 5. The van der Waals surface area contributed by atoms with E-state index in [1.54, 1.807) is 24.3 Å². The van der Waals surface area contributed by atoms with Gasteiger partial charge in [-0.25, -0.2) is 4.79 Å². The van der Waals surface area contributed by atoms with Gasteiger partial charge in [0.05, 0.1) is 6.61 Å². The minimum absolute atomic E-state index is 0.259. The van der Waals surface area contributed by atoms with Crippen LogP contribution in [0.15, 0.2) is 48.5 Å². The van der Waals surface area contributed by atoms with E-state index in [0.29, 0.717) is 18.9 Å². The van der Waals surface area contributed by atoms with Crippen molar-refractivity contribution in [2.75, 3.05) is 26.4 Å². The molecular weight excluding hydrogens is 346 g/mol. The van der Waals surface area contributed by atoms with Gasteiger partial charge in [-0.2, -0.15) is 0 Å². The second-order valence-electron chi connectivity index (χ2n) is 5.88. The number of carbonyl (C=O) groups excluding carboxylic acids is 2. The van der Waals surface area contributed by atoms with E-state index < -0.39 is 5.97 Å². The number of nitrogens with one attached hydrogen (secondary N) is 1. The van der Waals surface area contributed by atoms with Crippen LogP contribution in [0.3, 0.4) is 0 Å². The average Bonchev–Trinajstić information content (AvgIpc) is 2.67. The molecule has 0 atom stereocenters. The lowest BCUT2D eigenvalue weighted by Gasteiger charge is -2.09. The van der Waals surface area contributed by atoms with Crippen LogP contribution in [0.5, 0.6) is 11.5 Å². The normalized spacial score (nSPS) is 10.1. The van der Waals surface area contributed by atoms with Gasteiger partial charge in [0.25, 0.3) is 5.91 Å². The number of amides is 1. The van der Waals surface area contributed by atoms with Crippen molar-refractivity contribution in [1.29, 1.82) is 0 Å². The molecule has 144 valence electrons. The molecule has 0 heterocycles. The highest BCUT2D eigenvalue weighted by molar-refractivity contribution is 5.80. The molecule has 0 bridgehead atoms. The van der Waals surface area contributed by atoms with Gasteiger partial charge in [0.1, 0.15) is 11.5 Å². The molecule has 6 heteroatoms. The molecule has 1 N–H and O–H groups in total. The summed E-state index contributed by atoms with van der Waals surface area (Å²) in [6.45, 7) is 4.43. The van der Waals surface area contributed by atoms with Crippen LogP contribution in [0.4, 0.5) is 0 Å². The first kappa shape index (κ1) is 20.3. The molecule has 0 unspecified atom stereocenters. The monoisotopic (exact) mass is 371 g/mol. The summed E-state index contributed by atoms with van der Waals surface area (Å²) in [7, 11) is 0. The Labute approximate surface area is 159 Å². The fourth-order valence-corrected chi connectivity index (χ4v) is 2.41. The van der Waals surface area contributed by atoms with Crippen LogP contribution >= 0.6 is 0 Å². The molecule has 0 fully saturated rings. The molecule has 0 radical (unpaired) electrons. The van der Waals surface area contributed by atoms with Crippen LogP contribution < -0.4 is 14.8 Å². The van der Waals surface area contributed by atoms with Gasteiger partial charge in [-0.05, 0) is 55.7 Å². The maximum absolute atomic E-state index is 11.8. The fraction of sp³-hybridized carbons (Fsp3) is 0.333. The lowest BCUT2D eigenvalue weighted by molar-refractivity contribution is -0.150. The van der Waals surface area contributed by atoms with Crippen LogP contribution in [0.2, 0.25) is 0 Å². The zero-order chi connectivity index (χ0) is 19.5. The van der Waals surface area contributed by atoms with E-state index in [0.717, 1.165) is 12.2 Å². The summed E-state index contributed by atoms with van der Waals surface area (Å²) in [5.41, 5.74) is 2.36. The minimum atomic E-state index is -0.599. The third-order valence-corrected chi connectivity index (χ3v) is 3.83. The molecular formula is C21H25NO5. The van der Waals surface area contributed by atoms with Gasteiger partial charge in [-0.15, -0.1) is 0 Å². The summed E-state index contributed by atoms with van der Waals surface area (Å²) in [5, 5.41) is 2.73. The van der Waals surface area contributed by atoms with Crippen LogP contribution in [-0.2, 0) is 20.7 Å². The molecule has 1 amide bonds. The summed E-state index contributed by atoms with van der Waals surface area (Å²) >= 11 is 0. The standard InChI is InChI=1S/C21H25NO5/c1-3-25-18-8-10-19(11-9-18)26-15-21(24)27-14-20(23)22-13-12-17-7-5-4-6-16(17)2/h4-11H,3,12-15H2,1-2H3,(H,22,23). The molecule has 0 aliphatic rings. The lowest BCUT2D eigenvalue weighted by atomic mass is 10.1. The van der Waals surface area contributed by atoms with Gasteiger partial charge < -0.3 is 19.5 Å². The Balaban J connectivity index is 1.61. The second kappa shape index (κ2) is 10.9. The largest absolute Gasteiger partial charge is 0.494 e. The number of rotatable bonds is 10. The van der Waals surface area contributed by atoms with Crippen molar-refractivity contribution in [2.45, 2.75) is 20.3 Å². The van der Waals surface area contributed by atoms with E-state index in [4.69, 9.17) is 14.2 Å². The van der Waals surface area contributed by atoms with Gasteiger partial charge in [-0.3, -0.25) is 4.79 Å². The van der Waals surface area contributed by atoms with Crippen molar-refractivity contribution in [1.82, 2.24) is 5.32 Å². The summed E-state index contributed by atoms with van der Waals surface area (Å²) in [5.74, 6) is 0.323. The fourth-order valence-electron chi connectivity index (χ4n) is 2.41. The van der Waals surface area contributed by atoms with Crippen LogP contribution in [0.1, 0.15) is 18.1 Å². The number of esters is 1. The Morgan fingerprint density at radius 2 is 1.59 bits per heavy atom. The van der Waals surface area contributed by atoms with Crippen LogP contribution in [0.25, 0.3) is 0 Å². The van der Waals surface area contributed by atoms with E-state index in [1.807, 2.05) is 38.1 Å². The predicted octanol–water partition coefficient (Wildman–Crippen LogP) is 2.67. The van der Waals surface area contributed by atoms with E-state index in [2.05, 4.69) is 5.32 Å². The summed E-state index contributed by atoms with van der Waals surface area (Å²) in [6, 6.07) is 14.9. The van der Waals surface area contributed by atoms with Crippen molar-refractivity contribution in [3.05, 3.63) is 59.7 Å². The third-order valence-electron chi connectivity index (χ3n) is 3.83. The summed E-state index contributed by atoms with van der Waals surface area (Å²) in [6.07, 6.45) is 0.729. The summed E-state index contributed by atoms with van der Waals surface area (Å²) in [4.78, 5) is 23.4. The van der Waals surface area contributed by atoms with E-state index in [9.17, 15) is 9.59 Å².